The van der Waals surface area contributed by atoms with E-state index in [0.29, 0.717) is 23.1 Å². The number of phenols is 1. The van der Waals surface area contributed by atoms with Crippen LogP contribution in [0.3, 0.4) is 0 Å². The quantitative estimate of drug-likeness (QED) is 0.328. The van der Waals surface area contributed by atoms with Gasteiger partial charge in [-0.1, -0.05) is 0 Å². The van der Waals surface area contributed by atoms with E-state index < -0.39 is 58.0 Å². The number of likely N-dealkylation sites (N-methyl/N-ethyl adjacent to an activating group) is 1. The van der Waals surface area contributed by atoms with Gasteiger partial charge in [0.15, 0.2) is 11.4 Å². The minimum Gasteiger partial charge on any atom is -0.510 e. The number of piperidine rings is 1. The van der Waals surface area contributed by atoms with Crippen LogP contribution in [0.1, 0.15) is 54.2 Å². The maximum Gasteiger partial charge on any atom is 0.255 e. The lowest BCUT2D eigenvalue weighted by Gasteiger charge is -2.50. The fourth-order valence-electron chi connectivity index (χ4n) is 8.23. The van der Waals surface area contributed by atoms with Crippen molar-refractivity contribution in [3.63, 3.8) is 0 Å². The van der Waals surface area contributed by atoms with Crippen LogP contribution in [0.25, 0.3) is 0 Å². The first-order valence-corrected chi connectivity index (χ1v) is 14.1. The van der Waals surface area contributed by atoms with Gasteiger partial charge in [0.05, 0.1) is 18.7 Å². The normalized spacial score (nSPS) is 34.5. The highest BCUT2D eigenvalue weighted by Gasteiger charge is 2.63. The molecule has 1 aromatic carbocycles. The molecular weight excluding hydrogens is 530 g/mol. The molecule has 41 heavy (non-hydrogen) atoms. The Hall–Kier alpha value is -3.41. The smallest absolute Gasteiger partial charge is 0.255 e. The van der Waals surface area contributed by atoms with Crippen molar-refractivity contribution in [1.82, 2.24) is 9.80 Å². The van der Waals surface area contributed by atoms with Crippen LogP contribution < -0.4 is 10.5 Å². The molecule has 220 valence electrons. The number of phenolic OH excluding ortho intramolecular Hbond substituents is 1. The van der Waals surface area contributed by atoms with Crippen LogP contribution in [0.2, 0.25) is 0 Å². The Morgan fingerprint density at radius 3 is 2.46 bits per heavy atom. The molecule has 1 saturated carbocycles. The van der Waals surface area contributed by atoms with E-state index in [1.165, 1.54) is 12.0 Å². The first-order chi connectivity index (χ1) is 19.2. The predicted molar refractivity (Wildman–Crippen MR) is 146 cm³/mol. The monoisotopic (exact) mass is 567 g/mol. The van der Waals surface area contributed by atoms with E-state index in [0.717, 1.165) is 18.5 Å². The van der Waals surface area contributed by atoms with Crippen molar-refractivity contribution in [3.05, 3.63) is 45.4 Å². The summed E-state index contributed by atoms with van der Waals surface area (Å²) in [5, 5.41) is 45.5. The fourth-order valence-corrected chi connectivity index (χ4v) is 8.23. The number of primary amides is 1. The number of methoxy groups -OCH3 is 1. The van der Waals surface area contributed by atoms with Gasteiger partial charge in [0.1, 0.15) is 28.6 Å². The van der Waals surface area contributed by atoms with Gasteiger partial charge in [0.2, 0.25) is 5.78 Å². The molecule has 1 saturated heterocycles. The summed E-state index contributed by atoms with van der Waals surface area (Å²) in [4.78, 5) is 43.6. The number of nitrogens with zero attached hydrogens (tertiary/aromatic N) is 2. The van der Waals surface area contributed by atoms with Crippen molar-refractivity contribution in [2.75, 3.05) is 27.7 Å². The molecule has 7 atom stereocenters. The molecule has 6 rings (SSSR count). The second-order valence-corrected chi connectivity index (χ2v) is 12.7. The van der Waals surface area contributed by atoms with Crippen molar-refractivity contribution in [3.8, 4) is 11.5 Å². The van der Waals surface area contributed by atoms with Crippen molar-refractivity contribution < 1.29 is 39.5 Å². The zero-order valence-corrected chi connectivity index (χ0v) is 23.8. The lowest BCUT2D eigenvalue weighted by Crippen LogP contribution is -2.63. The van der Waals surface area contributed by atoms with Gasteiger partial charge in [-0.2, -0.15) is 0 Å². The predicted octanol–water partition coefficient (Wildman–Crippen LogP) is 1.53. The molecule has 5 aliphatic rings. The third-order valence-corrected chi connectivity index (χ3v) is 10.1. The Balaban J connectivity index is 1.51. The summed E-state index contributed by atoms with van der Waals surface area (Å²) in [5.41, 5.74) is 3.05. The molecule has 6 N–H and O–H groups in total. The highest BCUT2D eigenvalue weighted by atomic mass is 16.5. The minimum atomic E-state index is -2.66. The maximum absolute atomic E-state index is 14.0. The van der Waals surface area contributed by atoms with Gasteiger partial charge in [-0.15, -0.1) is 0 Å². The maximum atomic E-state index is 14.0. The molecule has 1 aliphatic heterocycles. The van der Waals surface area contributed by atoms with Crippen molar-refractivity contribution in [2.45, 2.75) is 56.8 Å². The van der Waals surface area contributed by atoms with Gasteiger partial charge in [-0.25, -0.2) is 0 Å². The Morgan fingerprint density at radius 2 is 1.88 bits per heavy atom. The lowest BCUT2D eigenvalue weighted by molar-refractivity contribution is -0.148. The number of aliphatic hydroxyl groups excluding tert-OH is 2. The molecule has 1 aromatic rings. The topological polar surface area (TPSA) is 174 Å². The number of aliphatic hydroxyl groups is 3. The zero-order valence-electron chi connectivity index (χ0n) is 23.8. The average molecular weight is 568 g/mol. The molecule has 11 heteroatoms. The summed E-state index contributed by atoms with van der Waals surface area (Å²) in [6, 6.07) is 0.852. The number of rotatable bonds is 5. The van der Waals surface area contributed by atoms with E-state index in [9.17, 15) is 34.8 Å². The SMILES string of the molecule is COc1c(C2C3CC3CN2C(C)C)cc(O)c2c1C[C@H]1C[C@H]3[C@H](N(C)C)C(O)=C(C(N)=O)C(=O)[C@@]3(O)C(O)=C1C2=O. The van der Waals surface area contributed by atoms with Gasteiger partial charge >= 0.3 is 0 Å². The van der Waals surface area contributed by atoms with Gasteiger partial charge in [-0.3, -0.25) is 24.2 Å². The molecule has 0 spiro atoms. The summed E-state index contributed by atoms with van der Waals surface area (Å²) in [5.74, 6) is -5.10. The van der Waals surface area contributed by atoms with Crippen LogP contribution >= 0.6 is 0 Å². The molecule has 4 aliphatic carbocycles. The Morgan fingerprint density at radius 1 is 1.20 bits per heavy atom. The second kappa shape index (κ2) is 9.04. The number of fused-ring (bicyclic) bond motifs is 4. The van der Waals surface area contributed by atoms with E-state index in [2.05, 4.69) is 18.7 Å². The highest BCUT2D eigenvalue weighted by Crippen LogP contribution is 2.60. The number of aromatic hydroxyl groups is 1. The number of benzene rings is 1. The molecule has 0 aromatic heterocycles. The fraction of sp³-hybridized carbons (Fsp3) is 0.567. The summed E-state index contributed by atoms with van der Waals surface area (Å²) in [7, 11) is 4.75. The number of carbonyl (C=O) groups excluding carboxylic acids is 3. The van der Waals surface area contributed by atoms with Crippen LogP contribution in [-0.4, -0.2) is 93.1 Å². The average Bonchev–Trinajstić information content (AvgIpc) is 3.54. The van der Waals surface area contributed by atoms with Crippen molar-refractivity contribution >= 4 is 17.5 Å². The molecule has 1 amide bonds. The van der Waals surface area contributed by atoms with Gasteiger partial charge in [0, 0.05) is 41.2 Å². The highest BCUT2D eigenvalue weighted by molar-refractivity contribution is 6.24. The van der Waals surface area contributed by atoms with Crippen molar-refractivity contribution in [2.24, 2.45) is 29.4 Å². The Bertz CT molecular complexity index is 1460. The molecule has 0 bridgehead atoms. The number of likely N-dealkylation sites (tertiary alicyclic amines) is 1. The van der Waals surface area contributed by atoms with Crippen LogP contribution in [0.5, 0.6) is 11.5 Å². The van der Waals surface area contributed by atoms with Gasteiger partial charge in [-0.05, 0) is 71.0 Å². The van der Waals surface area contributed by atoms with E-state index in [4.69, 9.17) is 10.5 Å². The van der Waals surface area contributed by atoms with Gasteiger partial charge in [0.25, 0.3) is 5.91 Å². The third-order valence-electron chi connectivity index (χ3n) is 10.1. The van der Waals surface area contributed by atoms with Crippen LogP contribution in [0.4, 0.5) is 0 Å². The molecule has 1 heterocycles. The van der Waals surface area contributed by atoms with E-state index >= 15 is 0 Å². The number of nitrogens with two attached hydrogens (primary N) is 1. The first-order valence-electron chi connectivity index (χ1n) is 14.1. The zero-order chi connectivity index (χ0) is 29.9. The van der Waals surface area contributed by atoms with E-state index in [1.54, 1.807) is 20.2 Å². The molecule has 2 fully saturated rings. The largest absolute Gasteiger partial charge is 0.510 e. The van der Waals surface area contributed by atoms with Crippen LogP contribution in [-0.2, 0) is 16.0 Å². The lowest BCUT2D eigenvalue weighted by atomic mass is 9.58. The van der Waals surface area contributed by atoms with Crippen LogP contribution in [0, 0.1) is 23.7 Å². The number of hydrogen-bond donors (Lipinski definition) is 5. The van der Waals surface area contributed by atoms with Crippen molar-refractivity contribution in [1.29, 1.82) is 0 Å². The van der Waals surface area contributed by atoms with E-state index in [1.807, 2.05) is 0 Å². The Labute approximate surface area is 237 Å². The first kappa shape index (κ1) is 27.7. The van der Waals surface area contributed by atoms with Gasteiger partial charge < -0.3 is 30.9 Å². The summed E-state index contributed by atoms with van der Waals surface area (Å²) >= 11 is 0. The number of amides is 1. The number of Topliss-reactive ketones (excluding diaryl/α,β-unsaturated/α-hetero) is 2. The Kier molecular flexibility index (Phi) is 6.12. The number of carbonyl (C=O) groups is 3. The van der Waals surface area contributed by atoms with E-state index in [-0.39, 0.29) is 41.8 Å². The number of allylic oxidation sites excluding steroid dienone is 1. The standard InChI is InChI=1S/C30H37N3O8/c1-11(2)33-10-13-7-14(13)22(33)16-9-18(34)20-15(26(16)41-5)6-12-8-17-23(32(3)4)25(36)21(29(31)39)28(38)30(17,40)27(37)19(12)24(20)35/h9,11-14,17,22-23,34,36-37,40H,6-8,10H2,1-5H3,(H2,31,39)/t12-,13?,14?,17-,22?,23-,30-/m0/s1. The molecule has 0 radical (unpaired) electrons. The summed E-state index contributed by atoms with van der Waals surface area (Å²) in [6.45, 7) is 5.23. The number of hydrogen-bond acceptors (Lipinski definition) is 10. The second-order valence-electron chi connectivity index (χ2n) is 12.7. The minimum absolute atomic E-state index is 0.0337. The molecule has 11 nitrogen and oxygen atoms in total. The molecule has 3 unspecified atom stereocenters. The van der Waals surface area contributed by atoms with Crippen LogP contribution in [0.15, 0.2) is 28.7 Å². The summed E-state index contributed by atoms with van der Waals surface area (Å²) in [6.07, 6.45) is 1.33. The molecular formula is C30H37N3O8. The number of ketones is 2. The summed E-state index contributed by atoms with van der Waals surface area (Å²) < 4.78 is 5.94. The third kappa shape index (κ3) is 3.58. The number of ether oxygens (including phenoxy) is 1.